The monoisotopic (exact) mass is 433 g/mol. The number of halogens is 2. The van der Waals surface area contributed by atoms with Crippen LogP contribution in [0.4, 0.5) is 5.69 Å². The standard InChI is InChI=1S/C17H20ClN3O4S.ClH/c1-13-16(18)11-15(12-17(13)21(22)23)26(24,25)20(10-8-19)9-7-14-5-3-2-4-6-14;/h2-6,11-12H,7-10,19H2,1H3;1H. The Hall–Kier alpha value is -1.71. The summed E-state index contributed by atoms with van der Waals surface area (Å²) in [5, 5.41) is 11.2. The molecule has 0 aromatic heterocycles. The van der Waals surface area contributed by atoms with Crippen molar-refractivity contribution in [1.82, 2.24) is 4.31 Å². The molecule has 0 aliphatic heterocycles. The minimum atomic E-state index is -3.96. The van der Waals surface area contributed by atoms with Gasteiger partial charge in [0.25, 0.3) is 5.69 Å². The number of hydrogen-bond donors (Lipinski definition) is 1. The van der Waals surface area contributed by atoms with Crippen LogP contribution in [0, 0.1) is 17.0 Å². The molecule has 148 valence electrons. The van der Waals surface area contributed by atoms with Crippen LogP contribution in [0.2, 0.25) is 5.02 Å². The molecule has 0 radical (unpaired) electrons. The van der Waals surface area contributed by atoms with Gasteiger partial charge in [-0.2, -0.15) is 4.31 Å². The molecule has 0 heterocycles. The summed E-state index contributed by atoms with van der Waals surface area (Å²) >= 11 is 6.01. The molecule has 0 spiro atoms. The van der Waals surface area contributed by atoms with Crippen molar-refractivity contribution in [1.29, 1.82) is 0 Å². The highest BCUT2D eigenvalue weighted by Crippen LogP contribution is 2.30. The fourth-order valence-electron chi connectivity index (χ4n) is 2.52. The van der Waals surface area contributed by atoms with Gasteiger partial charge in [-0.15, -0.1) is 12.4 Å². The molecule has 0 unspecified atom stereocenters. The predicted octanol–water partition coefficient (Wildman–Crippen LogP) is 3.17. The molecular weight excluding hydrogens is 413 g/mol. The number of nitrogens with two attached hydrogens (primary N) is 1. The summed E-state index contributed by atoms with van der Waals surface area (Å²) in [6.45, 7) is 1.93. The van der Waals surface area contributed by atoms with Gasteiger partial charge in [-0.1, -0.05) is 41.9 Å². The summed E-state index contributed by atoms with van der Waals surface area (Å²) < 4.78 is 27.2. The lowest BCUT2D eigenvalue weighted by Crippen LogP contribution is -2.37. The lowest BCUT2D eigenvalue weighted by atomic mass is 10.1. The average molecular weight is 434 g/mol. The van der Waals surface area contributed by atoms with Gasteiger partial charge in [-0.05, 0) is 25.0 Å². The first-order chi connectivity index (χ1) is 12.3. The number of nitrogens with zero attached hydrogens (tertiary/aromatic N) is 2. The van der Waals surface area contributed by atoms with Crippen LogP contribution in [0.15, 0.2) is 47.4 Å². The van der Waals surface area contributed by atoms with Crippen LogP contribution in [-0.2, 0) is 16.4 Å². The number of nitro groups is 1. The maximum Gasteiger partial charge on any atom is 0.275 e. The van der Waals surface area contributed by atoms with E-state index in [0.717, 1.165) is 11.6 Å². The molecule has 7 nitrogen and oxygen atoms in total. The summed E-state index contributed by atoms with van der Waals surface area (Å²) in [6, 6.07) is 11.7. The smallest absolute Gasteiger partial charge is 0.275 e. The summed E-state index contributed by atoms with van der Waals surface area (Å²) in [7, 11) is -3.96. The molecule has 0 saturated heterocycles. The molecule has 2 aromatic rings. The molecule has 10 heteroatoms. The number of nitro benzene ring substituents is 1. The highest BCUT2D eigenvalue weighted by Gasteiger charge is 2.27. The maximum absolute atomic E-state index is 13.0. The second kappa shape index (κ2) is 10.0. The third-order valence-corrected chi connectivity index (χ3v) is 6.27. The fraction of sp³-hybridized carbons (Fsp3) is 0.294. The lowest BCUT2D eigenvalue weighted by Gasteiger charge is -2.22. The van der Waals surface area contributed by atoms with E-state index in [-0.39, 0.29) is 53.2 Å². The van der Waals surface area contributed by atoms with E-state index in [1.54, 1.807) is 0 Å². The molecule has 0 fully saturated rings. The van der Waals surface area contributed by atoms with Crippen molar-refractivity contribution in [2.45, 2.75) is 18.2 Å². The van der Waals surface area contributed by atoms with Crippen LogP contribution >= 0.6 is 24.0 Å². The van der Waals surface area contributed by atoms with Crippen molar-refractivity contribution in [3.63, 3.8) is 0 Å². The molecule has 2 rings (SSSR count). The summed E-state index contributed by atoms with van der Waals surface area (Å²) in [5.74, 6) is 0. The second-order valence-electron chi connectivity index (χ2n) is 5.73. The zero-order chi connectivity index (χ0) is 19.3. The Morgan fingerprint density at radius 3 is 2.37 bits per heavy atom. The first kappa shape index (κ1) is 23.3. The Morgan fingerprint density at radius 1 is 1.19 bits per heavy atom. The zero-order valence-electron chi connectivity index (χ0n) is 14.7. The lowest BCUT2D eigenvalue weighted by molar-refractivity contribution is -0.385. The minimum Gasteiger partial charge on any atom is -0.329 e. The normalized spacial score (nSPS) is 11.3. The summed E-state index contributed by atoms with van der Waals surface area (Å²) in [4.78, 5) is 10.3. The van der Waals surface area contributed by atoms with E-state index in [0.29, 0.717) is 6.42 Å². The first-order valence-electron chi connectivity index (χ1n) is 7.96. The number of benzene rings is 2. The Bertz CT molecular complexity index is 893. The van der Waals surface area contributed by atoms with E-state index >= 15 is 0 Å². The maximum atomic E-state index is 13.0. The van der Waals surface area contributed by atoms with Gasteiger partial charge in [-0.3, -0.25) is 10.1 Å². The quantitative estimate of drug-likeness (QED) is 0.507. The Morgan fingerprint density at radius 2 is 1.81 bits per heavy atom. The number of sulfonamides is 1. The van der Waals surface area contributed by atoms with E-state index < -0.39 is 14.9 Å². The van der Waals surface area contributed by atoms with E-state index in [2.05, 4.69) is 0 Å². The van der Waals surface area contributed by atoms with Crippen molar-refractivity contribution < 1.29 is 13.3 Å². The van der Waals surface area contributed by atoms with Gasteiger partial charge in [0.15, 0.2) is 0 Å². The highest BCUT2D eigenvalue weighted by molar-refractivity contribution is 7.89. The van der Waals surface area contributed by atoms with Crippen molar-refractivity contribution >= 4 is 39.7 Å². The third-order valence-electron chi connectivity index (χ3n) is 4.00. The van der Waals surface area contributed by atoms with Crippen LogP contribution in [0.25, 0.3) is 0 Å². The van der Waals surface area contributed by atoms with Crippen LogP contribution < -0.4 is 5.73 Å². The molecular formula is C17H21Cl2N3O4S. The van der Waals surface area contributed by atoms with Crippen molar-refractivity contribution in [2.75, 3.05) is 19.6 Å². The molecule has 0 saturated carbocycles. The first-order valence-corrected chi connectivity index (χ1v) is 9.78. The zero-order valence-corrected chi connectivity index (χ0v) is 17.1. The van der Waals surface area contributed by atoms with E-state index in [4.69, 9.17) is 17.3 Å². The van der Waals surface area contributed by atoms with Gasteiger partial charge in [0.2, 0.25) is 10.0 Å². The minimum absolute atomic E-state index is 0. The van der Waals surface area contributed by atoms with Crippen LogP contribution in [0.5, 0.6) is 0 Å². The summed E-state index contributed by atoms with van der Waals surface area (Å²) in [5.41, 5.74) is 6.45. The molecule has 0 bridgehead atoms. The van der Waals surface area contributed by atoms with Gasteiger partial charge < -0.3 is 5.73 Å². The van der Waals surface area contributed by atoms with Gasteiger partial charge in [0.1, 0.15) is 0 Å². The largest absolute Gasteiger partial charge is 0.329 e. The Kier molecular flexibility index (Phi) is 8.64. The van der Waals surface area contributed by atoms with Gasteiger partial charge in [-0.25, -0.2) is 8.42 Å². The molecule has 27 heavy (non-hydrogen) atoms. The topological polar surface area (TPSA) is 107 Å². The van der Waals surface area contributed by atoms with Crippen LogP contribution in [0.1, 0.15) is 11.1 Å². The molecule has 0 atom stereocenters. The van der Waals surface area contributed by atoms with Gasteiger partial charge in [0.05, 0.1) is 14.8 Å². The number of hydrogen-bond acceptors (Lipinski definition) is 5. The average Bonchev–Trinajstić information content (AvgIpc) is 2.61. The second-order valence-corrected chi connectivity index (χ2v) is 8.08. The SMILES string of the molecule is Cc1c(Cl)cc(S(=O)(=O)N(CCN)CCc2ccccc2)cc1[N+](=O)[O-].Cl. The van der Waals surface area contributed by atoms with Gasteiger partial charge >= 0.3 is 0 Å². The molecule has 0 aliphatic rings. The van der Waals surface area contributed by atoms with Gasteiger partial charge in [0, 0.05) is 31.3 Å². The Labute approximate surface area is 169 Å². The molecule has 2 N–H and O–H groups in total. The van der Waals surface area contributed by atoms with Crippen LogP contribution in [-0.4, -0.2) is 37.3 Å². The van der Waals surface area contributed by atoms with Crippen molar-refractivity contribution in [3.05, 3.63) is 68.7 Å². The fourth-order valence-corrected chi connectivity index (χ4v) is 4.30. The van der Waals surface area contributed by atoms with Crippen molar-refractivity contribution in [3.8, 4) is 0 Å². The molecule has 0 amide bonds. The Balaban J connectivity index is 0.00000364. The van der Waals surface area contributed by atoms with E-state index in [9.17, 15) is 18.5 Å². The third kappa shape index (κ3) is 5.63. The van der Waals surface area contributed by atoms with Crippen molar-refractivity contribution in [2.24, 2.45) is 5.73 Å². The van der Waals surface area contributed by atoms with E-state index in [1.165, 1.54) is 17.3 Å². The molecule has 2 aromatic carbocycles. The van der Waals surface area contributed by atoms with Crippen LogP contribution in [0.3, 0.4) is 0 Å². The molecule has 0 aliphatic carbocycles. The number of rotatable bonds is 8. The highest BCUT2D eigenvalue weighted by atomic mass is 35.5. The predicted molar refractivity (Wildman–Crippen MR) is 108 cm³/mol. The van der Waals surface area contributed by atoms with E-state index in [1.807, 2.05) is 30.3 Å². The summed E-state index contributed by atoms with van der Waals surface area (Å²) in [6.07, 6.45) is 0.502.